The molecule has 0 saturated carbocycles. The number of para-hydroxylation sites is 1. The van der Waals surface area contributed by atoms with Crippen LogP contribution in [0.5, 0.6) is 5.75 Å². The number of nitrogens with zero attached hydrogens (tertiary/aromatic N) is 1. The number of fused-ring (bicyclic) bond motifs is 1. The summed E-state index contributed by atoms with van der Waals surface area (Å²) in [5.41, 5.74) is 2.06. The first-order valence-corrected chi connectivity index (χ1v) is 9.34. The molecule has 0 bridgehead atoms. The lowest BCUT2D eigenvalue weighted by atomic mass is 9.85. The predicted molar refractivity (Wildman–Crippen MR) is 99.1 cm³/mol. The summed E-state index contributed by atoms with van der Waals surface area (Å²) < 4.78 is 10.9. The summed E-state index contributed by atoms with van der Waals surface area (Å²) in [6.07, 6.45) is 5.10. The van der Waals surface area contributed by atoms with Gasteiger partial charge in [0.25, 0.3) is 0 Å². The molecule has 0 unspecified atom stereocenters. The third-order valence-corrected chi connectivity index (χ3v) is 5.14. The first-order valence-electron chi connectivity index (χ1n) is 9.34. The van der Waals surface area contributed by atoms with Crippen LogP contribution in [-0.4, -0.2) is 42.4 Å². The van der Waals surface area contributed by atoms with Gasteiger partial charge in [0.05, 0.1) is 18.3 Å². The molecule has 0 aromatic heterocycles. The molecule has 1 fully saturated rings. The highest BCUT2D eigenvalue weighted by atomic mass is 16.6. The number of carbonyl (C=O) groups is 3. The van der Waals surface area contributed by atoms with Crippen LogP contribution in [0.4, 0.5) is 0 Å². The summed E-state index contributed by atoms with van der Waals surface area (Å²) >= 11 is 0. The fourth-order valence-corrected chi connectivity index (χ4v) is 3.69. The van der Waals surface area contributed by atoms with E-state index in [1.54, 1.807) is 0 Å². The van der Waals surface area contributed by atoms with Crippen molar-refractivity contribution in [2.75, 3.05) is 19.8 Å². The second-order valence-corrected chi connectivity index (χ2v) is 7.02. The van der Waals surface area contributed by atoms with Crippen molar-refractivity contribution in [3.05, 3.63) is 41.5 Å². The molecular formula is C21H25NO5. The zero-order valence-corrected chi connectivity index (χ0v) is 15.8. The average molecular weight is 371 g/mol. The number of carbonyl (C=O) groups excluding carboxylic acids is 3. The van der Waals surface area contributed by atoms with Crippen LogP contribution in [0.25, 0.3) is 0 Å². The standard InChI is InChI=1S/C21H25NO5/c1-14-6-5-7-15(2)19(14)27-13-12-26-18(23)10-11-22-20(24)16-8-3-4-9-17(16)21(22)25/h3-7,16-17H,8-13H2,1-2H3/t16-,17-/m1/s1. The van der Waals surface area contributed by atoms with Crippen LogP contribution in [0.1, 0.15) is 30.4 Å². The number of hydrogen-bond donors (Lipinski definition) is 0. The third kappa shape index (κ3) is 4.21. The average Bonchev–Trinajstić information content (AvgIpc) is 2.90. The first-order chi connectivity index (χ1) is 13.0. The van der Waals surface area contributed by atoms with Gasteiger partial charge in [-0.1, -0.05) is 30.4 Å². The zero-order valence-electron chi connectivity index (χ0n) is 15.8. The van der Waals surface area contributed by atoms with Gasteiger partial charge >= 0.3 is 5.97 Å². The second kappa shape index (κ2) is 8.37. The first kappa shape index (κ1) is 19.1. The van der Waals surface area contributed by atoms with Gasteiger partial charge in [-0.25, -0.2) is 0 Å². The topological polar surface area (TPSA) is 72.9 Å². The molecule has 1 aliphatic carbocycles. The molecule has 3 rings (SSSR count). The zero-order chi connectivity index (χ0) is 19.4. The van der Waals surface area contributed by atoms with Crippen LogP contribution in [0.3, 0.4) is 0 Å². The molecule has 2 amide bonds. The van der Waals surface area contributed by atoms with E-state index in [9.17, 15) is 14.4 Å². The van der Waals surface area contributed by atoms with E-state index in [1.165, 1.54) is 4.90 Å². The highest BCUT2D eigenvalue weighted by Gasteiger charge is 2.46. The van der Waals surface area contributed by atoms with Crippen LogP contribution in [0, 0.1) is 25.7 Å². The Bertz CT molecular complexity index is 724. The van der Waals surface area contributed by atoms with Gasteiger partial charge in [0, 0.05) is 6.54 Å². The van der Waals surface area contributed by atoms with E-state index in [1.807, 2.05) is 44.2 Å². The SMILES string of the molecule is Cc1cccc(C)c1OCCOC(=O)CCN1C(=O)[C@@H]2CC=CC[C@H]2C1=O. The van der Waals surface area contributed by atoms with Crippen LogP contribution in [-0.2, 0) is 19.1 Å². The molecule has 0 radical (unpaired) electrons. The van der Waals surface area contributed by atoms with Gasteiger partial charge in [-0.3, -0.25) is 19.3 Å². The van der Waals surface area contributed by atoms with Gasteiger partial charge in [-0.2, -0.15) is 0 Å². The van der Waals surface area contributed by atoms with Crippen LogP contribution in [0.15, 0.2) is 30.4 Å². The van der Waals surface area contributed by atoms with E-state index in [-0.39, 0.29) is 49.8 Å². The van der Waals surface area contributed by atoms with E-state index in [4.69, 9.17) is 9.47 Å². The maximum atomic E-state index is 12.3. The maximum Gasteiger partial charge on any atom is 0.307 e. The van der Waals surface area contributed by atoms with Gasteiger partial charge in [-0.15, -0.1) is 0 Å². The monoisotopic (exact) mass is 371 g/mol. The Morgan fingerprint density at radius 3 is 2.22 bits per heavy atom. The summed E-state index contributed by atoms with van der Waals surface area (Å²) in [7, 11) is 0. The molecule has 0 spiro atoms. The van der Waals surface area contributed by atoms with E-state index in [0.29, 0.717) is 12.8 Å². The molecule has 1 saturated heterocycles. The molecule has 1 heterocycles. The van der Waals surface area contributed by atoms with Gasteiger partial charge in [-0.05, 0) is 37.8 Å². The molecule has 6 nitrogen and oxygen atoms in total. The predicted octanol–water partition coefficient (Wildman–Crippen LogP) is 2.57. The van der Waals surface area contributed by atoms with Crippen molar-refractivity contribution in [1.82, 2.24) is 4.90 Å². The maximum absolute atomic E-state index is 12.3. The lowest BCUT2D eigenvalue weighted by Crippen LogP contribution is -2.33. The number of imide groups is 1. The van der Waals surface area contributed by atoms with Gasteiger partial charge < -0.3 is 9.47 Å². The lowest BCUT2D eigenvalue weighted by molar-refractivity contribution is -0.146. The summed E-state index contributed by atoms with van der Waals surface area (Å²) in [6.45, 7) is 4.40. The summed E-state index contributed by atoms with van der Waals surface area (Å²) in [5.74, 6) is -0.485. The van der Waals surface area contributed by atoms with Gasteiger partial charge in [0.1, 0.15) is 19.0 Å². The van der Waals surface area contributed by atoms with E-state index < -0.39 is 5.97 Å². The number of rotatable bonds is 7. The molecule has 2 atom stereocenters. The molecule has 2 aliphatic rings. The molecule has 1 aromatic carbocycles. The lowest BCUT2D eigenvalue weighted by Gasteiger charge is -2.14. The van der Waals surface area contributed by atoms with Crippen molar-refractivity contribution in [2.45, 2.75) is 33.1 Å². The Kier molecular flexibility index (Phi) is 5.94. The number of benzene rings is 1. The fourth-order valence-electron chi connectivity index (χ4n) is 3.69. The molecule has 0 N–H and O–H groups in total. The van der Waals surface area contributed by atoms with E-state index in [2.05, 4.69) is 0 Å². The normalized spacial score (nSPS) is 21.3. The number of aryl methyl sites for hydroxylation is 2. The van der Waals surface area contributed by atoms with Crippen molar-refractivity contribution in [2.24, 2.45) is 11.8 Å². The highest BCUT2D eigenvalue weighted by molar-refractivity contribution is 6.05. The Morgan fingerprint density at radius 2 is 1.63 bits per heavy atom. The van der Waals surface area contributed by atoms with Crippen molar-refractivity contribution in [1.29, 1.82) is 0 Å². The smallest absolute Gasteiger partial charge is 0.307 e. The largest absolute Gasteiger partial charge is 0.489 e. The van der Waals surface area contributed by atoms with Crippen molar-refractivity contribution < 1.29 is 23.9 Å². The minimum Gasteiger partial charge on any atom is -0.489 e. The highest BCUT2D eigenvalue weighted by Crippen LogP contribution is 2.35. The Hall–Kier alpha value is -2.63. The summed E-state index contributed by atoms with van der Waals surface area (Å²) in [6, 6.07) is 5.89. The van der Waals surface area contributed by atoms with Gasteiger partial charge in [0.15, 0.2) is 0 Å². The molecule has 1 aromatic rings. The number of esters is 1. The Labute approximate surface area is 159 Å². The minimum atomic E-state index is -0.436. The molecular weight excluding hydrogens is 346 g/mol. The quantitative estimate of drug-likeness (QED) is 0.319. The summed E-state index contributed by atoms with van der Waals surface area (Å²) in [5, 5.41) is 0. The number of amides is 2. The van der Waals surface area contributed by atoms with Crippen molar-refractivity contribution in [3.8, 4) is 5.75 Å². The van der Waals surface area contributed by atoms with Crippen LogP contribution < -0.4 is 4.74 Å². The fraction of sp³-hybridized carbons (Fsp3) is 0.476. The Morgan fingerprint density at radius 1 is 1.04 bits per heavy atom. The van der Waals surface area contributed by atoms with Gasteiger partial charge in [0.2, 0.25) is 11.8 Å². The van der Waals surface area contributed by atoms with Crippen molar-refractivity contribution >= 4 is 17.8 Å². The van der Waals surface area contributed by atoms with Crippen molar-refractivity contribution in [3.63, 3.8) is 0 Å². The number of likely N-dealkylation sites (tertiary alicyclic amines) is 1. The summed E-state index contributed by atoms with van der Waals surface area (Å²) in [4.78, 5) is 37.8. The minimum absolute atomic E-state index is 0.00768. The van der Waals surface area contributed by atoms with Crippen LogP contribution >= 0.6 is 0 Å². The second-order valence-electron chi connectivity index (χ2n) is 7.02. The number of ether oxygens (including phenoxy) is 2. The van der Waals surface area contributed by atoms with E-state index >= 15 is 0 Å². The molecule has 6 heteroatoms. The number of hydrogen-bond acceptors (Lipinski definition) is 5. The van der Waals surface area contributed by atoms with E-state index in [0.717, 1.165) is 16.9 Å². The molecule has 27 heavy (non-hydrogen) atoms. The Balaban J connectivity index is 1.40. The molecule has 144 valence electrons. The number of allylic oxidation sites excluding steroid dienone is 2. The third-order valence-electron chi connectivity index (χ3n) is 5.14. The van der Waals surface area contributed by atoms with Crippen LogP contribution in [0.2, 0.25) is 0 Å². The molecule has 1 aliphatic heterocycles.